The zero-order chi connectivity index (χ0) is 38.6. The van der Waals surface area contributed by atoms with Crippen molar-refractivity contribution in [2.45, 2.75) is 44.3 Å². The van der Waals surface area contributed by atoms with Crippen molar-refractivity contribution < 1.29 is 40.3 Å². The van der Waals surface area contributed by atoms with Gasteiger partial charge in [0.1, 0.15) is 23.3 Å². The Kier molecular flexibility index (Phi) is 16.5. The van der Waals surface area contributed by atoms with Crippen LogP contribution in [0.4, 0.5) is 17.6 Å². The fraction of sp³-hybridized carbons (Fsp3) is 0.282. The number of rotatable bonds is 13. The summed E-state index contributed by atoms with van der Waals surface area (Å²) in [6.45, 7) is 7.85. The van der Waals surface area contributed by atoms with Crippen molar-refractivity contribution in [1.82, 2.24) is 0 Å². The Labute approximate surface area is 324 Å². The molecule has 0 saturated carbocycles. The van der Waals surface area contributed by atoms with E-state index < -0.39 is 20.6 Å². The molecule has 0 amide bonds. The van der Waals surface area contributed by atoms with E-state index in [0.717, 1.165) is 42.4 Å². The third-order valence-corrected chi connectivity index (χ3v) is 14.6. The first-order chi connectivity index (χ1) is 25.3. The number of fused-ring (bicyclic) bond motifs is 2. The summed E-state index contributed by atoms with van der Waals surface area (Å²) in [4.78, 5) is 0. The highest BCUT2D eigenvalue weighted by molar-refractivity contribution is 9.08. The Morgan fingerprint density at radius 1 is 0.642 bits per heavy atom. The summed E-state index contributed by atoms with van der Waals surface area (Å²) in [5, 5.41) is 6.14. The number of hydrogen-bond acceptors (Lipinski definition) is 7. The summed E-state index contributed by atoms with van der Waals surface area (Å²) in [5.41, 5.74) is 2.92. The number of alkyl halides is 1. The quantitative estimate of drug-likeness (QED) is 0.0657. The Hall–Kier alpha value is -2.66. The molecule has 0 aliphatic carbocycles. The first kappa shape index (κ1) is 43.1. The molecule has 0 N–H and O–H groups in total. The van der Waals surface area contributed by atoms with Crippen LogP contribution in [0.1, 0.15) is 48.7 Å². The minimum Gasteiger partial charge on any atom is -0.329 e. The summed E-state index contributed by atoms with van der Waals surface area (Å²) in [5.74, 6) is -1.14. The molecule has 2 atom stereocenters. The van der Waals surface area contributed by atoms with Crippen LogP contribution in [0.2, 0.25) is 0 Å². The number of halogens is 5. The van der Waals surface area contributed by atoms with Gasteiger partial charge in [-0.1, -0.05) is 40.2 Å². The van der Waals surface area contributed by atoms with E-state index in [2.05, 4.69) is 15.9 Å². The summed E-state index contributed by atoms with van der Waals surface area (Å²) in [7, 11) is -6.14. The fourth-order valence-electron chi connectivity index (χ4n) is 5.47. The van der Waals surface area contributed by atoms with Crippen LogP contribution in [0.5, 0.6) is 0 Å². The van der Waals surface area contributed by atoms with Crippen molar-refractivity contribution >= 4 is 73.7 Å². The molecule has 5 nitrogen and oxygen atoms in total. The van der Waals surface area contributed by atoms with Gasteiger partial charge in [0.05, 0.1) is 31.6 Å². The average Bonchev–Trinajstić information content (AvgIpc) is 3.72. The molecule has 4 aromatic carbocycles. The van der Waals surface area contributed by atoms with Gasteiger partial charge in [0.2, 0.25) is 7.37 Å². The molecule has 0 aliphatic rings. The van der Waals surface area contributed by atoms with Crippen molar-refractivity contribution in [2.24, 2.45) is 0 Å². The topological polar surface area (TPSA) is 61.8 Å². The van der Waals surface area contributed by atoms with Gasteiger partial charge in [0.25, 0.3) is 0 Å². The van der Waals surface area contributed by atoms with Crippen LogP contribution >= 0.6 is 53.6 Å². The van der Waals surface area contributed by atoms with Gasteiger partial charge < -0.3 is 13.6 Å². The molecule has 0 saturated heterocycles. The maximum atomic E-state index is 13.9. The zero-order valence-electron chi connectivity index (χ0n) is 29.7. The molecule has 2 heterocycles. The van der Waals surface area contributed by atoms with Crippen LogP contribution in [-0.4, -0.2) is 26.5 Å². The van der Waals surface area contributed by atoms with Gasteiger partial charge in [0, 0.05) is 21.4 Å². The van der Waals surface area contributed by atoms with Gasteiger partial charge >= 0.3 is 7.60 Å². The maximum absolute atomic E-state index is 13.9. The lowest BCUT2D eigenvalue weighted by atomic mass is 10.0. The number of thiophene rings is 2. The molecular formula is C39H41BrF4O5P2S2. The summed E-state index contributed by atoms with van der Waals surface area (Å²) in [6, 6.07) is 21.7. The Morgan fingerprint density at radius 2 is 1.11 bits per heavy atom. The minimum atomic E-state index is -3.52. The lowest BCUT2D eigenvalue weighted by Gasteiger charge is -2.26. The van der Waals surface area contributed by atoms with Gasteiger partial charge in [-0.3, -0.25) is 9.13 Å². The second-order valence-electron chi connectivity index (χ2n) is 11.8. The minimum absolute atomic E-state index is 0.181. The highest BCUT2D eigenvalue weighted by Crippen LogP contribution is 2.63. The van der Waals surface area contributed by atoms with Crippen LogP contribution in [0, 0.1) is 23.3 Å². The lowest BCUT2D eigenvalue weighted by molar-refractivity contribution is 0.212. The molecular weight excluding hydrogens is 830 g/mol. The Balaban J connectivity index is 0.000000204. The molecule has 53 heavy (non-hydrogen) atoms. The van der Waals surface area contributed by atoms with Crippen molar-refractivity contribution in [3.05, 3.63) is 141 Å². The molecule has 0 radical (unpaired) electrons. The second kappa shape index (κ2) is 20.3. The maximum Gasteiger partial charge on any atom is 0.338 e. The molecule has 0 fully saturated rings. The molecule has 6 aromatic rings. The molecule has 0 spiro atoms. The van der Waals surface area contributed by atoms with Crippen molar-refractivity contribution in [3.8, 4) is 0 Å². The van der Waals surface area contributed by atoms with Gasteiger partial charge in [-0.15, -0.1) is 22.7 Å². The van der Waals surface area contributed by atoms with Crippen molar-refractivity contribution in [2.75, 3.05) is 26.5 Å². The van der Waals surface area contributed by atoms with E-state index >= 15 is 0 Å². The smallest absolute Gasteiger partial charge is 0.329 e. The van der Waals surface area contributed by atoms with Gasteiger partial charge in [-0.05, 0) is 132 Å². The largest absolute Gasteiger partial charge is 0.338 e. The monoisotopic (exact) mass is 870 g/mol. The van der Waals surface area contributed by atoms with E-state index in [1.165, 1.54) is 71.2 Å². The van der Waals surface area contributed by atoms with E-state index in [1.54, 1.807) is 56.9 Å². The average molecular weight is 872 g/mol. The third kappa shape index (κ3) is 12.4. The molecule has 2 aromatic heterocycles. The fourth-order valence-corrected chi connectivity index (χ4v) is 11.7. The van der Waals surface area contributed by atoms with Crippen LogP contribution in [0.15, 0.2) is 95.7 Å². The van der Waals surface area contributed by atoms with Crippen molar-refractivity contribution in [1.29, 1.82) is 0 Å². The van der Waals surface area contributed by atoms with Gasteiger partial charge in [0.15, 0.2) is 0 Å². The molecule has 284 valence electrons. The number of benzene rings is 4. The van der Waals surface area contributed by atoms with Gasteiger partial charge in [-0.25, -0.2) is 17.6 Å². The van der Waals surface area contributed by atoms with E-state index in [4.69, 9.17) is 13.6 Å². The van der Waals surface area contributed by atoms with Crippen molar-refractivity contribution in [3.63, 3.8) is 0 Å². The molecule has 14 heteroatoms. The summed E-state index contributed by atoms with van der Waals surface area (Å²) < 4.78 is 96.6. The second-order valence-corrected chi connectivity index (χ2v) is 19.0. The molecule has 6 rings (SSSR count). The number of hydrogen-bond donors (Lipinski definition) is 0. The first-order valence-corrected chi connectivity index (χ1v) is 23.5. The van der Waals surface area contributed by atoms with E-state index in [-0.39, 0.29) is 36.5 Å². The highest BCUT2D eigenvalue weighted by atomic mass is 79.9. The van der Waals surface area contributed by atoms with Crippen LogP contribution in [0.3, 0.4) is 0 Å². The lowest BCUT2D eigenvalue weighted by Crippen LogP contribution is -2.09. The van der Waals surface area contributed by atoms with E-state index in [9.17, 15) is 26.7 Å². The predicted molar refractivity (Wildman–Crippen MR) is 215 cm³/mol. The van der Waals surface area contributed by atoms with Gasteiger partial charge in [-0.2, -0.15) is 0 Å². The summed E-state index contributed by atoms with van der Waals surface area (Å²) in [6.07, 6.45) is 0.699. The zero-order valence-corrected chi connectivity index (χ0v) is 34.7. The standard InChI is InChI=1S/C20H21F2O3PS.C12H14FO2PS.C7H6BrF/c1-3-24-26(23,25-4-2)19(11-14-5-7-15(21)8-6-14)18-13-27-20-10-9-16(22)12-17(18)20;1-3-15-16(2,14)7-9-8-17-12-5-4-10(13)6-11(9)12;8-5-6-1-3-7(9)4-2-6/h5-10,12-13,19H,3-4,11H2,1-2H3;4-6,8H,3,7H2,1-2H3;1-4H,5H2. The van der Waals surface area contributed by atoms with Crippen LogP contribution in [0.25, 0.3) is 20.2 Å². The van der Waals surface area contributed by atoms with Crippen LogP contribution < -0.4 is 0 Å². The van der Waals surface area contributed by atoms with E-state index in [1.807, 2.05) is 17.7 Å². The molecule has 2 unspecified atom stereocenters. The predicted octanol–water partition coefficient (Wildman–Crippen LogP) is 13.9. The summed E-state index contributed by atoms with van der Waals surface area (Å²) >= 11 is 6.26. The van der Waals surface area contributed by atoms with E-state index in [0.29, 0.717) is 24.6 Å². The Morgan fingerprint density at radius 3 is 1.64 bits per heavy atom. The first-order valence-electron chi connectivity index (χ1n) is 16.8. The molecule has 0 aliphatic heterocycles. The van der Waals surface area contributed by atoms with Crippen LogP contribution in [-0.2, 0) is 40.6 Å². The SMILES string of the molecule is CCOP(=O)(OCC)C(Cc1ccc(F)cc1)c1csc2ccc(F)cc12.CCOP(C)(=O)Cc1csc2ccc(F)cc12.Fc1ccc(CBr)cc1. The Bertz CT molecular complexity index is 2150. The normalized spacial score (nSPS) is 13.2. The highest BCUT2D eigenvalue weighted by Gasteiger charge is 2.38. The third-order valence-electron chi connectivity index (χ3n) is 7.81. The molecule has 0 bridgehead atoms.